The van der Waals surface area contributed by atoms with E-state index in [-0.39, 0.29) is 12.8 Å². The topological polar surface area (TPSA) is 185 Å². The monoisotopic (exact) mass is 745 g/mol. The molecule has 13 nitrogen and oxygen atoms in total. The van der Waals surface area contributed by atoms with Gasteiger partial charge in [-0.3, -0.25) is 24.2 Å². The van der Waals surface area contributed by atoms with Gasteiger partial charge in [0.25, 0.3) is 5.91 Å². The van der Waals surface area contributed by atoms with E-state index in [4.69, 9.17) is 9.47 Å². The summed E-state index contributed by atoms with van der Waals surface area (Å²) in [6, 6.07) is 19.2. The second-order valence-corrected chi connectivity index (χ2v) is 15.5. The van der Waals surface area contributed by atoms with Crippen LogP contribution in [-0.4, -0.2) is 83.9 Å². The van der Waals surface area contributed by atoms with E-state index >= 15 is 0 Å². The van der Waals surface area contributed by atoms with Crippen molar-refractivity contribution in [2.24, 2.45) is 10.8 Å². The first-order valence-corrected chi connectivity index (χ1v) is 18.0. The number of rotatable bonds is 16. The average molecular weight is 746 g/mol. The van der Waals surface area contributed by atoms with E-state index in [1.165, 1.54) is 14.0 Å². The summed E-state index contributed by atoms with van der Waals surface area (Å²) in [5.74, 6) is -2.29. The molecule has 0 spiro atoms. The maximum Gasteiger partial charge on any atom is 0.407 e. The first kappa shape index (κ1) is 43.1. The summed E-state index contributed by atoms with van der Waals surface area (Å²) in [6.45, 7) is 11.4. The lowest BCUT2D eigenvalue weighted by Gasteiger charge is -2.35. The summed E-state index contributed by atoms with van der Waals surface area (Å²) in [6.07, 6.45) is 0.329. The Balaban J connectivity index is 1.95. The van der Waals surface area contributed by atoms with Gasteiger partial charge in [0.1, 0.15) is 12.1 Å². The van der Waals surface area contributed by atoms with E-state index in [1.807, 2.05) is 93.6 Å². The summed E-state index contributed by atoms with van der Waals surface area (Å²) in [7, 11) is 1.22. The lowest BCUT2D eigenvalue weighted by atomic mass is 9.85. The van der Waals surface area contributed by atoms with Gasteiger partial charge in [-0.2, -0.15) is 0 Å². The van der Waals surface area contributed by atoms with E-state index in [1.54, 1.807) is 27.0 Å². The number of carbonyl (C=O) groups is 5. The van der Waals surface area contributed by atoms with Crippen LogP contribution in [0.3, 0.4) is 0 Å². The maximum absolute atomic E-state index is 13.9. The molecule has 0 aliphatic carbocycles. The van der Waals surface area contributed by atoms with E-state index < -0.39 is 77.5 Å². The second kappa shape index (κ2) is 19.7. The molecule has 13 heteroatoms. The Hall–Kier alpha value is -5.30. The fraction of sp³-hybridized carbons (Fsp3) is 0.463. The third-order valence-corrected chi connectivity index (χ3v) is 8.78. The van der Waals surface area contributed by atoms with Crippen LogP contribution >= 0.6 is 0 Å². The van der Waals surface area contributed by atoms with Crippen molar-refractivity contribution < 1.29 is 38.6 Å². The zero-order chi connectivity index (χ0) is 40.1. The SMILES string of the molecule is COC(=O)N[C@H](C(=O)N[C@@H](Cc1ccc(-c2ccccn2)cc1)C[C@H](O)[C@H](Cc1ccccc1)NC(=O)[C@@H](NC(=O)COC(C)=O)C(C)(C)C)C(C)(C)C. The number of hydrogen-bond acceptors (Lipinski definition) is 9. The summed E-state index contributed by atoms with van der Waals surface area (Å²) in [5, 5.41) is 23.3. The number of aliphatic hydroxyl groups excluding tert-OH is 1. The lowest BCUT2D eigenvalue weighted by Crippen LogP contribution is -2.59. The molecule has 0 bridgehead atoms. The predicted octanol–water partition coefficient (Wildman–Crippen LogP) is 4.12. The van der Waals surface area contributed by atoms with Crippen LogP contribution in [0.25, 0.3) is 11.3 Å². The molecule has 0 saturated heterocycles. The molecule has 2 aromatic carbocycles. The van der Waals surface area contributed by atoms with Crippen molar-refractivity contribution in [3.05, 3.63) is 90.1 Å². The first-order valence-electron chi connectivity index (χ1n) is 18.0. The van der Waals surface area contributed by atoms with Crippen molar-refractivity contribution in [3.63, 3.8) is 0 Å². The molecule has 5 N–H and O–H groups in total. The number of amides is 4. The lowest BCUT2D eigenvalue weighted by molar-refractivity contribution is -0.147. The first-order chi connectivity index (χ1) is 25.4. The summed E-state index contributed by atoms with van der Waals surface area (Å²) >= 11 is 0. The molecule has 0 aliphatic rings. The normalized spacial score (nSPS) is 14.3. The van der Waals surface area contributed by atoms with Gasteiger partial charge in [-0.1, -0.05) is 102 Å². The number of aromatic nitrogens is 1. The average Bonchev–Trinajstić information content (AvgIpc) is 3.11. The molecule has 54 heavy (non-hydrogen) atoms. The van der Waals surface area contributed by atoms with Crippen LogP contribution in [0.1, 0.15) is 66.0 Å². The number of nitrogens with one attached hydrogen (secondary N) is 4. The van der Waals surface area contributed by atoms with Crippen molar-refractivity contribution >= 4 is 29.8 Å². The third kappa shape index (κ3) is 13.9. The number of aliphatic hydroxyl groups is 1. The molecule has 5 atom stereocenters. The van der Waals surface area contributed by atoms with Gasteiger partial charge in [-0.15, -0.1) is 0 Å². The number of esters is 1. The second-order valence-electron chi connectivity index (χ2n) is 15.5. The van der Waals surface area contributed by atoms with Crippen molar-refractivity contribution in [1.29, 1.82) is 0 Å². The third-order valence-electron chi connectivity index (χ3n) is 8.78. The van der Waals surface area contributed by atoms with Crippen molar-refractivity contribution in [3.8, 4) is 11.3 Å². The van der Waals surface area contributed by atoms with Crippen LogP contribution in [0.15, 0.2) is 79.0 Å². The summed E-state index contributed by atoms with van der Waals surface area (Å²) in [4.78, 5) is 68.4. The predicted molar refractivity (Wildman–Crippen MR) is 205 cm³/mol. The molecule has 1 heterocycles. The van der Waals surface area contributed by atoms with Gasteiger partial charge >= 0.3 is 12.1 Å². The number of benzene rings is 2. The van der Waals surface area contributed by atoms with Crippen molar-refractivity contribution in [1.82, 2.24) is 26.3 Å². The van der Waals surface area contributed by atoms with Crippen LogP contribution in [0.2, 0.25) is 0 Å². The molecule has 4 amide bonds. The highest BCUT2D eigenvalue weighted by Gasteiger charge is 2.37. The minimum Gasteiger partial charge on any atom is -0.456 e. The molecule has 0 saturated carbocycles. The molecular weight excluding hydrogens is 690 g/mol. The highest BCUT2D eigenvalue weighted by Crippen LogP contribution is 2.24. The zero-order valence-corrected chi connectivity index (χ0v) is 32.5. The summed E-state index contributed by atoms with van der Waals surface area (Å²) in [5.41, 5.74) is 1.97. The Morgan fingerprint density at radius 1 is 0.722 bits per heavy atom. The van der Waals surface area contributed by atoms with E-state index in [0.29, 0.717) is 6.42 Å². The van der Waals surface area contributed by atoms with Crippen LogP contribution in [0.5, 0.6) is 0 Å². The number of methoxy groups -OCH3 is 1. The molecular formula is C41H55N5O8. The molecule has 0 fully saturated rings. The van der Waals surface area contributed by atoms with Gasteiger partial charge in [-0.25, -0.2) is 4.79 Å². The number of nitrogens with zero attached hydrogens (tertiary/aromatic N) is 1. The van der Waals surface area contributed by atoms with Crippen LogP contribution < -0.4 is 21.3 Å². The zero-order valence-electron chi connectivity index (χ0n) is 32.5. The van der Waals surface area contributed by atoms with Crippen molar-refractivity contribution in [2.75, 3.05) is 13.7 Å². The van der Waals surface area contributed by atoms with Gasteiger partial charge in [-0.05, 0) is 53.4 Å². The smallest absolute Gasteiger partial charge is 0.407 e. The molecule has 1 aromatic heterocycles. The molecule has 3 rings (SSSR count). The van der Waals surface area contributed by atoms with Crippen molar-refractivity contribution in [2.45, 2.75) is 98.0 Å². The molecule has 0 aliphatic heterocycles. The fourth-order valence-corrected chi connectivity index (χ4v) is 5.88. The Bertz CT molecular complexity index is 1690. The Kier molecular flexibility index (Phi) is 15.7. The van der Waals surface area contributed by atoms with Gasteiger partial charge in [0.05, 0.1) is 24.9 Å². The quantitative estimate of drug-likeness (QED) is 0.135. The van der Waals surface area contributed by atoms with E-state index in [0.717, 1.165) is 22.4 Å². The highest BCUT2D eigenvalue weighted by molar-refractivity contribution is 5.89. The minimum atomic E-state index is -1.19. The van der Waals surface area contributed by atoms with Gasteiger partial charge in [0.2, 0.25) is 11.8 Å². The Labute approximate surface area is 318 Å². The minimum absolute atomic E-state index is 0.0135. The van der Waals surface area contributed by atoms with Crippen LogP contribution in [0.4, 0.5) is 4.79 Å². The van der Waals surface area contributed by atoms with Gasteiger partial charge in [0, 0.05) is 24.7 Å². The van der Waals surface area contributed by atoms with Gasteiger partial charge < -0.3 is 35.8 Å². The van der Waals surface area contributed by atoms with Gasteiger partial charge in [0.15, 0.2) is 6.61 Å². The number of pyridine rings is 1. The Morgan fingerprint density at radius 2 is 1.30 bits per heavy atom. The largest absolute Gasteiger partial charge is 0.456 e. The standard InChI is InChI=1S/C41H55N5O8/c1-26(47)54-25-34(49)45-35(40(2,3)4)38(51)44-32(23-27-14-10-9-11-15-27)33(48)24-30(43-37(50)36(41(5,6)7)46-39(52)53-8)22-28-17-19-29(20-18-28)31-16-12-13-21-42-31/h9-21,30,32-33,35-36,48H,22-25H2,1-8H3,(H,43,50)(H,44,51)(H,45,49)(H,46,52)/t30-,32-,33-,35+,36+/m0/s1. The number of ether oxygens (including phenoxy) is 2. The highest BCUT2D eigenvalue weighted by atomic mass is 16.5. The number of alkyl carbamates (subject to hydrolysis) is 1. The van der Waals surface area contributed by atoms with Crippen LogP contribution in [0, 0.1) is 10.8 Å². The Morgan fingerprint density at radius 3 is 1.85 bits per heavy atom. The molecule has 3 aromatic rings. The maximum atomic E-state index is 13.9. The molecule has 292 valence electrons. The molecule has 0 unspecified atom stereocenters. The van der Waals surface area contributed by atoms with Crippen LogP contribution in [-0.2, 0) is 41.5 Å². The van der Waals surface area contributed by atoms with E-state index in [9.17, 15) is 29.1 Å². The van der Waals surface area contributed by atoms with E-state index in [2.05, 4.69) is 26.3 Å². The summed E-state index contributed by atoms with van der Waals surface area (Å²) < 4.78 is 9.61. The molecule has 0 radical (unpaired) electrons. The number of carbonyl (C=O) groups excluding carboxylic acids is 5. The fourth-order valence-electron chi connectivity index (χ4n) is 5.88. The number of hydrogen-bond donors (Lipinski definition) is 5.